The lowest BCUT2D eigenvalue weighted by Crippen LogP contribution is -2.33. The van der Waals surface area contributed by atoms with E-state index in [1.807, 2.05) is 0 Å². The molecular formula is C23H18ClF5N6O3. The second kappa shape index (κ2) is 10.8. The molecule has 15 heteroatoms. The number of aromatic nitrogens is 5. The predicted octanol–water partition coefficient (Wildman–Crippen LogP) is 3.55. The number of alkyl halides is 4. The Balaban J connectivity index is 1.54. The highest BCUT2D eigenvalue weighted by atomic mass is 35.5. The summed E-state index contributed by atoms with van der Waals surface area (Å²) in [7, 11) is 0. The molecule has 0 radical (unpaired) electrons. The molecule has 0 saturated heterocycles. The van der Waals surface area contributed by atoms with E-state index < -0.39 is 66.1 Å². The third-order valence-corrected chi connectivity index (χ3v) is 5.78. The second-order valence-electron chi connectivity index (χ2n) is 8.26. The van der Waals surface area contributed by atoms with E-state index in [0.717, 1.165) is 10.6 Å². The maximum absolute atomic E-state index is 14.9. The van der Waals surface area contributed by atoms with Gasteiger partial charge in [0, 0.05) is 25.0 Å². The van der Waals surface area contributed by atoms with E-state index in [9.17, 15) is 36.6 Å². The number of aromatic amines is 1. The fourth-order valence-corrected chi connectivity index (χ4v) is 3.95. The number of H-pyrrole nitrogens is 1. The van der Waals surface area contributed by atoms with Gasteiger partial charge in [0.15, 0.2) is 5.82 Å². The maximum atomic E-state index is 14.9. The quantitative estimate of drug-likeness (QED) is 0.283. The first kappa shape index (κ1) is 27.1. The summed E-state index contributed by atoms with van der Waals surface area (Å²) in [5, 5.41) is 17.4. The summed E-state index contributed by atoms with van der Waals surface area (Å²) in [5.41, 5.74) is -4.49. The van der Waals surface area contributed by atoms with Crippen LogP contribution in [0, 0.1) is 5.82 Å². The third-order valence-electron chi connectivity index (χ3n) is 5.58. The predicted molar refractivity (Wildman–Crippen MR) is 128 cm³/mol. The molecule has 0 saturated carbocycles. The number of aliphatic hydroxyl groups excluding tert-OH is 1. The number of hydrogen-bond donors (Lipinski definition) is 3. The van der Waals surface area contributed by atoms with Crippen LogP contribution in [0.15, 0.2) is 52.6 Å². The SMILES string of the molecule is O=c1[nH]ncc(N[C@H](CO)C[C@H](F)Cn2ccc3cc(-c4ncc(Cl)cn4)c(F)cc3c2=O)c1C(F)(F)F. The van der Waals surface area contributed by atoms with E-state index in [0.29, 0.717) is 11.6 Å². The van der Waals surface area contributed by atoms with Crippen LogP contribution in [-0.4, -0.2) is 48.7 Å². The van der Waals surface area contributed by atoms with Crippen molar-refractivity contribution < 1.29 is 27.1 Å². The zero-order chi connectivity index (χ0) is 27.6. The Morgan fingerprint density at radius 3 is 2.53 bits per heavy atom. The van der Waals surface area contributed by atoms with E-state index in [1.54, 1.807) is 5.10 Å². The van der Waals surface area contributed by atoms with Gasteiger partial charge in [0.2, 0.25) is 0 Å². The number of nitrogens with one attached hydrogen (secondary N) is 2. The largest absolute Gasteiger partial charge is 0.423 e. The number of nitrogens with zero attached hydrogens (tertiary/aromatic N) is 4. The van der Waals surface area contributed by atoms with Gasteiger partial charge >= 0.3 is 6.18 Å². The number of halogens is 6. The molecule has 2 atom stereocenters. The van der Waals surface area contributed by atoms with Crippen LogP contribution < -0.4 is 16.4 Å². The summed E-state index contributed by atoms with van der Waals surface area (Å²) in [5.74, 6) is -0.739. The molecule has 0 fully saturated rings. The second-order valence-corrected chi connectivity index (χ2v) is 8.70. The monoisotopic (exact) mass is 556 g/mol. The number of benzene rings is 1. The number of hydrogen-bond acceptors (Lipinski definition) is 7. The molecule has 4 rings (SSSR count). The molecule has 0 unspecified atom stereocenters. The molecule has 0 aliphatic heterocycles. The van der Waals surface area contributed by atoms with Crippen LogP contribution in [0.1, 0.15) is 12.0 Å². The molecule has 9 nitrogen and oxygen atoms in total. The molecule has 0 aliphatic rings. The lowest BCUT2D eigenvalue weighted by Gasteiger charge is -2.22. The lowest BCUT2D eigenvalue weighted by molar-refractivity contribution is -0.138. The number of aliphatic hydroxyl groups is 1. The summed E-state index contributed by atoms with van der Waals surface area (Å²) >= 11 is 5.75. The molecule has 4 aromatic rings. The Morgan fingerprint density at radius 2 is 1.87 bits per heavy atom. The van der Waals surface area contributed by atoms with Gasteiger partial charge in [-0.1, -0.05) is 11.6 Å². The average molecular weight is 557 g/mol. The molecule has 0 bridgehead atoms. The van der Waals surface area contributed by atoms with Crippen molar-refractivity contribution in [1.29, 1.82) is 0 Å². The summed E-state index contributed by atoms with van der Waals surface area (Å²) in [6.07, 6.45) is -2.80. The van der Waals surface area contributed by atoms with Crippen LogP contribution in [0.2, 0.25) is 5.02 Å². The summed E-state index contributed by atoms with van der Waals surface area (Å²) in [4.78, 5) is 32.4. The van der Waals surface area contributed by atoms with Gasteiger partial charge in [-0.15, -0.1) is 0 Å². The van der Waals surface area contributed by atoms with Crippen molar-refractivity contribution in [2.75, 3.05) is 11.9 Å². The van der Waals surface area contributed by atoms with E-state index >= 15 is 0 Å². The number of pyridine rings is 1. The highest BCUT2D eigenvalue weighted by molar-refractivity contribution is 6.30. The van der Waals surface area contributed by atoms with Gasteiger partial charge in [-0.05, 0) is 23.6 Å². The summed E-state index contributed by atoms with van der Waals surface area (Å²) in [6.45, 7) is -1.31. The first-order valence-corrected chi connectivity index (χ1v) is 11.3. The molecule has 1 aromatic carbocycles. The summed E-state index contributed by atoms with van der Waals surface area (Å²) < 4.78 is 70.4. The zero-order valence-electron chi connectivity index (χ0n) is 19.1. The number of fused-ring (bicyclic) bond motifs is 1. The third kappa shape index (κ3) is 5.81. The Bertz CT molecular complexity index is 1580. The topological polar surface area (TPSA) is 126 Å². The van der Waals surface area contributed by atoms with Crippen molar-refractivity contribution in [3.8, 4) is 11.4 Å². The molecule has 0 aliphatic carbocycles. The average Bonchev–Trinajstić information content (AvgIpc) is 2.85. The maximum Gasteiger partial charge on any atom is 0.423 e. The zero-order valence-corrected chi connectivity index (χ0v) is 19.9. The van der Waals surface area contributed by atoms with E-state index in [2.05, 4.69) is 20.4 Å². The molecule has 3 N–H and O–H groups in total. The summed E-state index contributed by atoms with van der Waals surface area (Å²) in [6, 6.07) is 2.56. The van der Waals surface area contributed by atoms with Crippen LogP contribution >= 0.6 is 11.6 Å². The van der Waals surface area contributed by atoms with Crippen molar-refractivity contribution in [1.82, 2.24) is 24.7 Å². The standard InChI is InChI=1S/C23H18ClF5N6O3/c24-12-6-30-20(31-7-12)16-3-11-1-2-35(22(38)15(11)5-17(16)26)9-13(25)4-14(10-36)33-18-8-32-34-21(37)19(18)23(27,28)29/h1-3,5-8,13-14,36H,4,9-10H2,(H2,33,34,37)/t13-,14-/m0/s1. The first-order valence-electron chi connectivity index (χ1n) is 10.9. The fourth-order valence-electron chi connectivity index (χ4n) is 3.86. The normalized spacial score (nSPS) is 13.4. The van der Waals surface area contributed by atoms with Crippen LogP contribution in [0.4, 0.5) is 27.6 Å². The van der Waals surface area contributed by atoms with Crippen LogP contribution in [0.5, 0.6) is 0 Å². The van der Waals surface area contributed by atoms with E-state index in [1.165, 1.54) is 30.7 Å². The van der Waals surface area contributed by atoms with Crippen LogP contribution in [-0.2, 0) is 12.7 Å². The van der Waals surface area contributed by atoms with Gasteiger partial charge in [0.1, 0.15) is 17.6 Å². The van der Waals surface area contributed by atoms with Crippen LogP contribution in [0.3, 0.4) is 0 Å². The van der Waals surface area contributed by atoms with Crippen molar-refractivity contribution >= 4 is 28.1 Å². The Kier molecular flexibility index (Phi) is 7.73. The number of rotatable bonds is 8. The van der Waals surface area contributed by atoms with Gasteiger partial charge in [0.05, 0.1) is 47.1 Å². The van der Waals surface area contributed by atoms with E-state index in [4.69, 9.17) is 11.6 Å². The fraction of sp³-hybridized carbons (Fsp3) is 0.261. The van der Waals surface area contributed by atoms with Gasteiger partial charge < -0.3 is 15.0 Å². The van der Waals surface area contributed by atoms with Gasteiger partial charge in [-0.3, -0.25) is 9.59 Å². The molecule has 3 aromatic heterocycles. The van der Waals surface area contributed by atoms with Crippen LogP contribution in [0.25, 0.3) is 22.2 Å². The molecular weight excluding hydrogens is 539 g/mol. The molecule has 0 amide bonds. The highest BCUT2D eigenvalue weighted by Crippen LogP contribution is 2.32. The van der Waals surface area contributed by atoms with Crippen molar-refractivity contribution in [3.05, 3.63) is 80.1 Å². The van der Waals surface area contributed by atoms with Gasteiger partial charge in [-0.2, -0.15) is 18.3 Å². The van der Waals surface area contributed by atoms with Crippen molar-refractivity contribution in [2.24, 2.45) is 0 Å². The Morgan fingerprint density at radius 1 is 1.16 bits per heavy atom. The van der Waals surface area contributed by atoms with Crippen molar-refractivity contribution in [3.63, 3.8) is 0 Å². The minimum absolute atomic E-state index is 0.0269. The van der Waals surface area contributed by atoms with Gasteiger partial charge in [-0.25, -0.2) is 23.8 Å². The van der Waals surface area contributed by atoms with Gasteiger partial charge in [0.25, 0.3) is 11.1 Å². The van der Waals surface area contributed by atoms with Crippen molar-refractivity contribution in [2.45, 2.75) is 31.4 Å². The minimum Gasteiger partial charge on any atom is -0.394 e. The molecule has 200 valence electrons. The molecule has 3 heterocycles. The minimum atomic E-state index is -5.03. The first-order chi connectivity index (χ1) is 18.0. The number of anilines is 1. The smallest absolute Gasteiger partial charge is 0.394 e. The molecule has 0 spiro atoms. The van der Waals surface area contributed by atoms with E-state index in [-0.39, 0.29) is 21.8 Å². The Hall–Kier alpha value is -3.91. The lowest BCUT2D eigenvalue weighted by atomic mass is 10.1. The Labute approximate surface area is 214 Å². The molecule has 38 heavy (non-hydrogen) atoms. The highest BCUT2D eigenvalue weighted by Gasteiger charge is 2.38.